The molecule has 28 heavy (non-hydrogen) atoms. The second-order valence-corrected chi connectivity index (χ2v) is 9.15. The molecular weight excluding hydrogens is 442 g/mol. The molecule has 3 aromatic rings. The Hall–Kier alpha value is -2.38. The minimum atomic E-state index is -4.02. The van der Waals surface area contributed by atoms with Crippen molar-refractivity contribution < 1.29 is 17.9 Å². The lowest BCUT2D eigenvalue weighted by Gasteiger charge is -2.18. The summed E-state index contributed by atoms with van der Waals surface area (Å²) < 4.78 is 34.2. The maximum absolute atomic E-state index is 13.6. The summed E-state index contributed by atoms with van der Waals surface area (Å²) in [6.07, 6.45) is 1.37. The number of hydrogen-bond donors (Lipinski definition) is 0. The normalized spacial score (nSPS) is 12.7. The number of nitrogens with zero attached hydrogens (tertiary/aromatic N) is 1. The van der Waals surface area contributed by atoms with Crippen LogP contribution in [0.15, 0.2) is 65.7 Å². The quantitative estimate of drug-likeness (QED) is 0.382. The zero-order valence-electron chi connectivity index (χ0n) is 15.6. The number of carbonyl (C=O) groups excluding carboxylic acids is 1. The maximum atomic E-state index is 13.6. The van der Waals surface area contributed by atoms with Crippen LogP contribution in [-0.2, 0) is 14.8 Å². The Kier molecular flexibility index (Phi) is 5.76. The molecule has 0 spiro atoms. The molecule has 3 rings (SSSR count). The summed E-state index contributed by atoms with van der Waals surface area (Å²) in [4.78, 5) is 12.5. The van der Waals surface area contributed by atoms with E-state index < -0.39 is 21.2 Å². The minimum Gasteiger partial charge on any atom is -0.461 e. The predicted octanol–water partition coefficient (Wildman–Crippen LogP) is 4.99. The van der Waals surface area contributed by atoms with Crippen molar-refractivity contribution in [2.24, 2.45) is 0 Å². The van der Waals surface area contributed by atoms with E-state index in [1.807, 2.05) is 19.1 Å². The van der Waals surface area contributed by atoms with Gasteiger partial charge in [0.05, 0.1) is 12.1 Å². The van der Waals surface area contributed by atoms with Crippen molar-refractivity contribution in [2.45, 2.75) is 19.1 Å². The average Bonchev–Trinajstić information content (AvgIpc) is 3.03. The molecule has 146 valence electrons. The highest BCUT2D eigenvalue weighted by molar-refractivity contribution is 9.10. The fourth-order valence-corrected chi connectivity index (χ4v) is 5.27. The second kappa shape index (κ2) is 7.93. The van der Waals surface area contributed by atoms with E-state index in [0.29, 0.717) is 16.5 Å². The van der Waals surface area contributed by atoms with Gasteiger partial charge in [-0.1, -0.05) is 51.8 Å². The lowest BCUT2D eigenvalue weighted by atomic mass is 10.1. The third-order valence-electron chi connectivity index (χ3n) is 4.40. The first-order chi connectivity index (χ1) is 13.3. The molecule has 0 saturated carbocycles. The molecule has 5 nitrogen and oxygen atoms in total. The van der Waals surface area contributed by atoms with E-state index in [1.165, 1.54) is 12.1 Å². The lowest BCUT2D eigenvalue weighted by molar-refractivity contribution is 0.0518. The van der Waals surface area contributed by atoms with Gasteiger partial charge in [0.25, 0.3) is 0 Å². The molecule has 7 heteroatoms. The molecule has 1 atom stereocenters. The molecule has 0 aliphatic carbocycles. The number of esters is 1. The van der Waals surface area contributed by atoms with E-state index in [1.54, 1.807) is 37.3 Å². The fourth-order valence-electron chi connectivity index (χ4n) is 3.08. The van der Waals surface area contributed by atoms with Gasteiger partial charge in [-0.2, -0.15) is 0 Å². The van der Waals surface area contributed by atoms with Gasteiger partial charge in [-0.3, -0.25) is 0 Å². The standard InChI is InChI=1S/C21H20BrNO4S/c1-4-20(15-8-6-14(3)7-9-15)28(25,26)23-18-11-10-17(22)12-16(18)13-19(23)21(24)27-5-2/h4,6-13,20H,1,5H2,2-3H3. The summed E-state index contributed by atoms with van der Waals surface area (Å²) in [5.41, 5.74) is 1.97. The Morgan fingerprint density at radius 2 is 1.89 bits per heavy atom. The van der Waals surface area contributed by atoms with Gasteiger partial charge in [-0.05, 0) is 43.7 Å². The van der Waals surface area contributed by atoms with Crippen molar-refractivity contribution in [3.8, 4) is 0 Å². The molecule has 0 amide bonds. The first-order valence-corrected chi connectivity index (χ1v) is 11.0. The average molecular weight is 462 g/mol. The molecule has 2 aromatic carbocycles. The maximum Gasteiger partial charge on any atom is 0.356 e. The highest BCUT2D eigenvalue weighted by Gasteiger charge is 2.32. The monoisotopic (exact) mass is 461 g/mol. The molecule has 0 radical (unpaired) electrons. The minimum absolute atomic E-state index is 0.0334. The van der Waals surface area contributed by atoms with E-state index >= 15 is 0 Å². The number of rotatable bonds is 6. The van der Waals surface area contributed by atoms with Crippen LogP contribution >= 0.6 is 15.9 Å². The summed E-state index contributed by atoms with van der Waals surface area (Å²) in [7, 11) is -4.02. The number of aryl methyl sites for hydroxylation is 1. The van der Waals surface area contributed by atoms with E-state index in [9.17, 15) is 13.2 Å². The van der Waals surface area contributed by atoms with E-state index in [-0.39, 0.29) is 12.3 Å². The molecule has 1 aromatic heterocycles. The Labute approximate surface area is 172 Å². The number of ether oxygens (including phenoxy) is 1. The second-order valence-electron chi connectivity index (χ2n) is 6.33. The van der Waals surface area contributed by atoms with Crippen LogP contribution in [0.3, 0.4) is 0 Å². The Morgan fingerprint density at radius 1 is 1.21 bits per heavy atom. The number of halogens is 1. The number of carbonyl (C=O) groups is 1. The van der Waals surface area contributed by atoms with Gasteiger partial charge in [0.1, 0.15) is 10.9 Å². The highest BCUT2D eigenvalue weighted by Crippen LogP contribution is 2.32. The highest BCUT2D eigenvalue weighted by atomic mass is 79.9. The smallest absolute Gasteiger partial charge is 0.356 e. The van der Waals surface area contributed by atoms with Crippen LogP contribution < -0.4 is 0 Å². The fraction of sp³-hybridized carbons (Fsp3) is 0.190. The van der Waals surface area contributed by atoms with Crippen LogP contribution in [0.2, 0.25) is 0 Å². The Morgan fingerprint density at radius 3 is 2.50 bits per heavy atom. The van der Waals surface area contributed by atoms with Gasteiger partial charge in [-0.15, -0.1) is 6.58 Å². The molecule has 0 saturated heterocycles. The Balaban J connectivity index is 2.27. The molecule has 0 N–H and O–H groups in total. The molecular formula is C21H20BrNO4S. The number of fused-ring (bicyclic) bond motifs is 1. The van der Waals surface area contributed by atoms with E-state index in [0.717, 1.165) is 14.0 Å². The third kappa shape index (κ3) is 3.64. The molecule has 0 aliphatic heterocycles. The van der Waals surface area contributed by atoms with Crippen LogP contribution in [0.1, 0.15) is 33.8 Å². The van der Waals surface area contributed by atoms with Gasteiger partial charge in [0.2, 0.25) is 10.0 Å². The van der Waals surface area contributed by atoms with Gasteiger partial charge < -0.3 is 4.74 Å². The van der Waals surface area contributed by atoms with Crippen molar-refractivity contribution >= 4 is 42.8 Å². The van der Waals surface area contributed by atoms with Crippen molar-refractivity contribution in [3.63, 3.8) is 0 Å². The zero-order chi connectivity index (χ0) is 20.5. The molecule has 0 fully saturated rings. The Bertz CT molecular complexity index is 1150. The molecule has 1 unspecified atom stereocenters. The number of benzene rings is 2. The lowest BCUT2D eigenvalue weighted by Crippen LogP contribution is -2.24. The largest absolute Gasteiger partial charge is 0.461 e. The zero-order valence-corrected chi connectivity index (χ0v) is 18.0. The van der Waals surface area contributed by atoms with Crippen LogP contribution in [0.5, 0.6) is 0 Å². The molecule has 1 heterocycles. The topological polar surface area (TPSA) is 65.4 Å². The summed E-state index contributed by atoms with van der Waals surface area (Å²) in [5.74, 6) is -0.690. The summed E-state index contributed by atoms with van der Waals surface area (Å²) in [6.45, 7) is 7.47. The first-order valence-electron chi connectivity index (χ1n) is 8.71. The van der Waals surface area contributed by atoms with Crippen LogP contribution in [0.25, 0.3) is 10.9 Å². The van der Waals surface area contributed by atoms with E-state index in [2.05, 4.69) is 22.5 Å². The summed E-state index contributed by atoms with van der Waals surface area (Å²) in [5, 5.41) is -0.395. The van der Waals surface area contributed by atoms with Crippen molar-refractivity contribution in [1.82, 2.24) is 3.97 Å². The van der Waals surface area contributed by atoms with Gasteiger partial charge in [0.15, 0.2) is 0 Å². The van der Waals surface area contributed by atoms with Crippen LogP contribution in [-0.4, -0.2) is 25.0 Å². The van der Waals surface area contributed by atoms with Crippen molar-refractivity contribution in [3.05, 3.63) is 82.5 Å². The molecule has 0 bridgehead atoms. The van der Waals surface area contributed by atoms with Crippen molar-refractivity contribution in [2.75, 3.05) is 6.61 Å². The van der Waals surface area contributed by atoms with Gasteiger partial charge in [0, 0.05) is 9.86 Å². The summed E-state index contributed by atoms with van der Waals surface area (Å²) in [6, 6.07) is 13.9. The number of hydrogen-bond acceptors (Lipinski definition) is 4. The predicted molar refractivity (Wildman–Crippen MR) is 114 cm³/mol. The third-order valence-corrected chi connectivity index (χ3v) is 6.90. The molecule has 0 aliphatic rings. The SMILES string of the molecule is C=CC(c1ccc(C)cc1)S(=O)(=O)n1c(C(=O)OCC)cc2cc(Br)ccc21. The van der Waals surface area contributed by atoms with Crippen LogP contribution in [0.4, 0.5) is 0 Å². The van der Waals surface area contributed by atoms with Gasteiger partial charge in [-0.25, -0.2) is 17.2 Å². The first kappa shape index (κ1) is 20.4. The van der Waals surface area contributed by atoms with Crippen LogP contribution in [0, 0.1) is 6.92 Å². The number of aromatic nitrogens is 1. The summed E-state index contributed by atoms with van der Waals surface area (Å²) >= 11 is 3.38. The van der Waals surface area contributed by atoms with Crippen molar-refractivity contribution in [1.29, 1.82) is 0 Å². The van der Waals surface area contributed by atoms with Gasteiger partial charge >= 0.3 is 5.97 Å². The van der Waals surface area contributed by atoms with E-state index in [4.69, 9.17) is 4.74 Å².